The largest absolute Gasteiger partial charge is 2.00 e. The molecule has 0 fully saturated rings. The molecule has 0 aromatic heterocycles. The topological polar surface area (TPSA) is 97.6 Å². The first kappa shape index (κ1) is 24.9. The fourth-order valence-corrected chi connectivity index (χ4v) is 1.03. The van der Waals surface area contributed by atoms with E-state index in [9.17, 15) is 0 Å². The summed E-state index contributed by atoms with van der Waals surface area (Å²) in [5.41, 5.74) is 14.7. The molecule has 0 atom stereocenters. The van der Waals surface area contributed by atoms with Crippen molar-refractivity contribution in [1.29, 1.82) is 0 Å². The quantitative estimate of drug-likeness (QED) is 0.314. The van der Waals surface area contributed by atoms with Crippen LogP contribution in [0.2, 0.25) is 0 Å². The molecule has 0 bridgehead atoms. The average molecular weight is 382 g/mol. The third kappa shape index (κ3) is 10.3. The van der Waals surface area contributed by atoms with E-state index in [-0.39, 0.29) is 41.3 Å². The zero-order valence-corrected chi connectivity index (χ0v) is 14.8. The van der Waals surface area contributed by atoms with Crippen LogP contribution in [-0.2, 0) is 16.5 Å². The van der Waals surface area contributed by atoms with Crippen LogP contribution in [0.5, 0.6) is 0 Å². The van der Waals surface area contributed by atoms with Gasteiger partial charge in [0, 0.05) is 0 Å². The van der Waals surface area contributed by atoms with Crippen molar-refractivity contribution in [1.82, 2.24) is 21.7 Å². The second-order valence-corrected chi connectivity index (χ2v) is 3.77. The van der Waals surface area contributed by atoms with E-state index in [4.69, 9.17) is 0 Å². The summed E-state index contributed by atoms with van der Waals surface area (Å²) >= 11 is 0. The third-order valence-corrected chi connectivity index (χ3v) is 2.35. The molecule has 11 heteroatoms. The van der Waals surface area contributed by atoms with E-state index < -0.39 is 0 Å². The van der Waals surface area contributed by atoms with Crippen LogP contribution in [0, 0.1) is 0 Å². The molecule has 1 aliphatic heterocycles. The minimum absolute atomic E-state index is 0. The molecule has 8 nitrogen and oxygen atoms in total. The van der Waals surface area contributed by atoms with Crippen LogP contribution in [0.25, 0.3) is 0 Å². The van der Waals surface area contributed by atoms with E-state index in [2.05, 4.69) is 42.1 Å². The van der Waals surface area contributed by atoms with Crippen LogP contribution in [-0.4, -0.2) is 36.2 Å². The summed E-state index contributed by atoms with van der Waals surface area (Å²) in [5, 5.41) is 16.6. The van der Waals surface area contributed by atoms with Crippen LogP contribution in [0.15, 0.2) is 20.4 Å². The first-order valence-corrected chi connectivity index (χ1v) is 5.70. The summed E-state index contributed by atoms with van der Waals surface area (Å²) in [5.74, 6) is 0. The van der Waals surface area contributed by atoms with Gasteiger partial charge >= 0.3 is 16.5 Å². The fourth-order valence-electron chi connectivity index (χ4n) is 1.03. The van der Waals surface area contributed by atoms with E-state index in [1.807, 2.05) is 27.7 Å². The Morgan fingerprint density at radius 2 is 0.762 bits per heavy atom. The van der Waals surface area contributed by atoms with Crippen molar-refractivity contribution in [2.45, 2.75) is 27.7 Å². The number of hydrogen-bond donors (Lipinski definition) is 4. The minimum atomic E-state index is 0. The molecule has 0 aliphatic carbocycles. The molecule has 0 amide bonds. The minimum Gasteiger partial charge on any atom is -1.00 e. The number of hydrogen-bond acceptors (Lipinski definition) is 8. The number of nitrogens with zero attached hydrogens (tertiary/aromatic N) is 4. The molecule has 1 rings (SSSR count). The molecule has 0 aromatic carbocycles. The molecule has 4 N–H and O–H groups in total. The summed E-state index contributed by atoms with van der Waals surface area (Å²) in [6.07, 6.45) is 0. The number of halogens is 2. The summed E-state index contributed by atoms with van der Waals surface area (Å²) in [4.78, 5) is 0. The van der Waals surface area contributed by atoms with Crippen LogP contribution >= 0.6 is 0 Å². The van der Waals surface area contributed by atoms with E-state index in [1.165, 1.54) is 0 Å². The Labute approximate surface area is 147 Å². The molecule has 0 radical (unpaired) electrons. The molecule has 0 saturated heterocycles. The molecule has 0 aromatic rings. The monoisotopic (exact) mass is 380 g/mol. The molecule has 0 saturated carbocycles. The van der Waals surface area contributed by atoms with Crippen molar-refractivity contribution in [2.75, 3.05) is 13.3 Å². The molecule has 1 aliphatic rings. The standard InChI is InChI=1S/C10H20N8.2ClH.Ni/c1-7-8(2)16-12-6-14-18-10(4)9(3)17-13-5-11-15-7;;;/h11-14H,5-6H2,1-4H3;2*1H;/q;;;+2/p-2. The van der Waals surface area contributed by atoms with E-state index in [0.29, 0.717) is 13.3 Å². The number of hydrazone groups is 4. The van der Waals surface area contributed by atoms with Crippen molar-refractivity contribution in [3.63, 3.8) is 0 Å². The van der Waals surface area contributed by atoms with Gasteiger partial charge in [0.25, 0.3) is 0 Å². The summed E-state index contributed by atoms with van der Waals surface area (Å²) in [7, 11) is 0. The Morgan fingerprint density at radius 1 is 0.571 bits per heavy atom. The zero-order valence-electron chi connectivity index (χ0n) is 12.3. The van der Waals surface area contributed by atoms with E-state index >= 15 is 0 Å². The normalized spacial score (nSPS) is 15.8. The van der Waals surface area contributed by atoms with Crippen LogP contribution in [0.1, 0.15) is 27.7 Å². The van der Waals surface area contributed by atoms with Gasteiger partial charge in [-0.1, -0.05) is 0 Å². The van der Waals surface area contributed by atoms with Gasteiger partial charge in [0.05, 0.1) is 22.8 Å². The number of nitrogens with one attached hydrogen (secondary N) is 4. The van der Waals surface area contributed by atoms with Crippen LogP contribution in [0.4, 0.5) is 0 Å². The van der Waals surface area contributed by atoms with Crippen LogP contribution in [0.3, 0.4) is 0 Å². The molecule has 124 valence electrons. The Hall–Kier alpha value is -1.05. The summed E-state index contributed by atoms with van der Waals surface area (Å²) in [6, 6.07) is 0. The smallest absolute Gasteiger partial charge is 1.00 e. The van der Waals surface area contributed by atoms with Gasteiger partial charge in [-0.3, -0.25) is 21.7 Å². The van der Waals surface area contributed by atoms with Gasteiger partial charge in [0.15, 0.2) is 0 Å². The van der Waals surface area contributed by atoms with Crippen LogP contribution < -0.4 is 46.5 Å². The van der Waals surface area contributed by atoms with Gasteiger partial charge in [-0.25, -0.2) is 0 Å². The molecular weight excluding hydrogens is 362 g/mol. The first-order chi connectivity index (χ1) is 8.61. The Bertz CT molecular complexity index is 334. The molecule has 1 heterocycles. The van der Waals surface area contributed by atoms with Gasteiger partial charge in [-0.05, 0) is 27.7 Å². The van der Waals surface area contributed by atoms with Crippen molar-refractivity contribution < 1.29 is 41.3 Å². The van der Waals surface area contributed by atoms with E-state index in [0.717, 1.165) is 22.8 Å². The van der Waals surface area contributed by atoms with Gasteiger partial charge in [0.2, 0.25) is 0 Å². The van der Waals surface area contributed by atoms with Gasteiger partial charge in [-0.2, -0.15) is 20.4 Å². The number of rotatable bonds is 0. The predicted octanol–water partition coefficient (Wildman–Crippen LogP) is -6.22. The average Bonchev–Trinajstić information content (AvgIpc) is 2.35. The maximum Gasteiger partial charge on any atom is 2.00 e. The van der Waals surface area contributed by atoms with Crippen molar-refractivity contribution in [3.05, 3.63) is 0 Å². The third-order valence-electron chi connectivity index (χ3n) is 2.35. The maximum absolute atomic E-state index is 4.15. The molecule has 0 unspecified atom stereocenters. The Balaban J connectivity index is -0.00000108. The molecular formula is C10H20Cl2N8Ni. The fraction of sp³-hybridized carbons (Fsp3) is 0.600. The predicted molar refractivity (Wildman–Crippen MR) is 74.7 cm³/mol. The van der Waals surface area contributed by atoms with E-state index in [1.54, 1.807) is 0 Å². The summed E-state index contributed by atoms with van der Waals surface area (Å²) < 4.78 is 0. The molecule has 0 spiro atoms. The summed E-state index contributed by atoms with van der Waals surface area (Å²) in [6.45, 7) is 8.40. The van der Waals surface area contributed by atoms with Gasteiger partial charge < -0.3 is 24.8 Å². The van der Waals surface area contributed by atoms with Crippen molar-refractivity contribution in [3.8, 4) is 0 Å². The van der Waals surface area contributed by atoms with Gasteiger partial charge in [-0.15, -0.1) is 0 Å². The second-order valence-electron chi connectivity index (χ2n) is 3.77. The zero-order chi connectivity index (χ0) is 13.4. The van der Waals surface area contributed by atoms with Crippen molar-refractivity contribution in [2.24, 2.45) is 20.4 Å². The second kappa shape index (κ2) is 13.9. The molecule has 21 heavy (non-hydrogen) atoms. The van der Waals surface area contributed by atoms with Gasteiger partial charge in [0.1, 0.15) is 13.3 Å². The maximum atomic E-state index is 4.15. The van der Waals surface area contributed by atoms with Crippen molar-refractivity contribution >= 4 is 22.8 Å². The Kier molecular flexibility index (Phi) is 16.5. The Morgan fingerprint density at radius 3 is 0.952 bits per heavy atom. The SMILES string of the molecule is CC1=NNCNN=C(C)C(C)=NNCNN=C1C.[Cl-].[Cl-].[Ni+2]. The first-order valence-electron chi connectivity index (χ1n) is 5.70.